The number of rotatable bonds is 3. The second-order valence-electron chi connectivity index (χ2n) is 5.78. The summed E-state index contributed by atoms with van der Waals surface area (Å²) in [6, 6.07) is 6.98. The smallest absolute Gasteiger partial charge is 0.257 e. The summed E-state index contributed by atoms with van der Waals surface area (Å²) in [7, 11) is 2.11. The zero-order chi connectivity index (χ0) is 17.1. The molecule has 1 saturated heterocycles. The molecule has 0 radical (unpaired) electrons. The molecule has 5 nitrogen and oxygen atoms in total. The molecule has 0 bridgehead atoms. The van der Waals surface area contributed by atoms with E-state index in [1.807, 2.05) is 6.07 Å². The van der Waals surface area contributed by atoms with Crippen LogP contribution in [0.1, 0.15) is 10.4 Å². The normalized spacial score (nSPS) is 15.4. The molecule has 3 rings (SSSR count). The van der Waals surface area contributed by atoms with Gasteiger partial charge in [-0.25, -0.2) is 0 Å². The highest BCUT2D eigenvalue weighted by molar-refractivity contribution is 6.44. The molecule has 2 heterocycles. The van der Waals surface area contributed by atoms with Crippen LogP contribution in [0.4, 0.5) is 11.4 Å². The van der Waals surface area contributed by atoms with Crippen LogP contribution < -0.4 is 10.2 Å². The topological polar surface area (TPSA) is 48.5 Å². The lowest BCUT2D eigenvalue weighted by molar-refractivity contribution is 0.102. The summed E-state index contributed by atoms with van der Waals surface area (Å²) in [6.45, 7) is 3.83. The van der Waals surface area contributed by atoms with Gasteiger partial charge in [-0.2, -0.15) is 0 Å². The summed E-state index contributed by atoms with van der Waals surface area (Å²) in [5.41, 5.74) is 1.93. The number of benzene rings is 1. The average Bonchev–Trinajstić information content (AvgIpc) is 2.60. The molecule has 2 aromatic rings. The molecule has 126 valence electrons. The molecule has 1 N–H and O–H groups in total. The van der Waals surface area contributed by atoms with Crippen molar-refractivity contribution >= 4 is 40.5 Å². The Morgan fingerprint density at radius 1 is 1.17 bits per heavy atom. The summed E-state index contributed by atoms with van der Waals surface area (Å²) in [5.74, 6) is -0.261. The van der Waals surface area contributed by atoms with Crippen LogP contribution in [0.25, 0.3) is 0 Å². The van der Waals surface area contributed by atoms with Crippen molar-refractivity contribution in [2.45, 2.75) is 0 Å². The number of carbonyl (C=O) groups is 1. The van der Waals surface area contributed by atoms with Crippen LogP contribution in [0.3, 0.4) is 0 Å². The predicted molar refractivity (Wildman–Crippen MR) is 98.4 cm³/mol. The lowest BCUT2D eigenvalue weighted by Gasteiger charge is -2.33. The van der Waals surface area contributed by atoms with Crippen LogP contribution >= 0.6 is 23.2 Å². The number of hydrogen-bond donors (Lipinski definition) is 1. The van der Waals surface area contributed by atoms with E-state index in [1.165, 1.54) is 0 Å². The maximum absolute atomic E-state index is 12.5. The quantitative estimate of drug-likeness (QED) is 0.906. The Hall–Kier alpha value is -1.82. The first kappa shape index (κ1) is 17.0. The predicted octanol–water partition coefficient (Wildman–Crippen LogP) is 3.39. The molecule has 7 heteroatoms. The molecule has 0 spiro atoms. The van der Waals surface area contributed by atoms with Gasteiger partial charge in [0, 0.05) is 32.4 Å². The first-order chi connectivity index (χ1) is 11.5. The van der Waals surface area contributed by atoms with Crippen LogP contribution in [0.2, 0.25) is 10.0 Å². The third kappa shape index (κ3) is 3.80. The molecule has 24 heavy (non-hydrogen) atoms. The van der Waals surface area contributed by atoms with E-state index in [0.29, 0.717) is 21.3 Å². The summed E-state index contributed by atoms with van der Waals surface area (Å²) in [6.07, 6.45) is 3.34. The maximum Gasteiger partial charge on any atom is 0.257 e. The van der Waals surface area contributed by atoms with Crippen LogP contribution in [-0.4, -0.2) is 49.0 Å². The minimum absolute atomic E-state index is 0.261. The fraction of sp³-hybridized carbons (Fsp3) is 0.294. The van der Waals surface area contributed by atoms with Crippen molar-refractivity contribution in [3.8, 4) is 0 Å². The summed E-state index contributed by atoms with van der Waals surface area (Å²) in [4.78, 5) is 21.2. The van der Waals surface area contributed by atoms with Crippen molar-refractivity contribution in [1.29, 1.82) is 0 Å². The summed E-state index contributed by atoms with van der Waals surface area (Å²) in [5, 5.41) is 3.51. The summed E-state index contributed by atoms with van der Waals surface area (Å²) < 4.78 is 0. The zero-order valence-electron chi connectivity index (χ0n) is 13.3. The number of nitrogens with one attached hydrogen (secondary N) is 1. The van der Waals surface area contributed by atoms with Gasteiger partial charge in [-0.05, 0) is 25.2 Å². The lowest BCUT2D eigenvalue weighted by atomic mass is 10.2. The van der Waals surface area contributed by atoms with E-state index in [2.05, 4.69) is 27.1 Å². The fourth-order valence-corrected chi connectivity index (χ4v) is 2.93. The minimum atomic E-state index is -0.261. The van der Waals surface area contributed by atoms with Gasteiger partial charge in [0.05, 0.1) is 33.2 Å². The Balaban J connectivity index is 1.76. The molecular weight excluding hydrogens is 347 g/mol. The highest BCUT2D eigenvalue weighted by atomic mass is 35.5. The van der Waals surface area contributed by atoms with Crippen LogP contribution in [0.5, 0.6) is 0 Å². The van der Waals surface area contributed by atoms with Gasteiger partial charge in [-0.15, -0.1) is 0 Å². The number of amides is 1. The van der Waals surface area contributed by atoms with Crippen LogP contribution in [0.15, 0.2) is 36.7 Å². The minimum Gasteiger partial charge on any atom is -0.368 e. The lowest BCUT2D eigenvalue weighted by Crippen LogP contribution is -2.44. The SMILES string of the molecule is CN1CCN(c2cncc(C(=O)Nc3cccc(Cl)c3Cl)c2)CC1. The van der Waals surface area contributed by atoms with Gasteiger partial charge in [-0.1, -0.05) is 29.3 Å². The van der Waals surface area contributed by atoms with Gasteiger partial charge in [0.15, 0.2) is 0 Å². The number of anilines is 2. The van der Waals surface area contributed by atoms with Gasteiger partial charge in [0.1, 0.15) is 0 Å². The molecule has 0 atom stereocenters. The highest BCUT2D eigenvalue weighted by Gasteiger charge is 2.17. The average molecular weight is 365 g/mol. The first-order valence-corrected chi connectivity index (χ1v) is 8.44. The van der Waals surface area contributed by atoms with Gasteiger partial charge in [0.25, 0.3) is 5.91 Å². The van der Waals surface area contributed by atoms with Crippen molar-refractivity contribution in [3.05, 3.63) is 52.3 Å². The number of carbonyl (C=O) groups excluding carboxylic acids is 1. The monoisotopic (exact) mass is 364 g/mol. The molecule has 1 aliphatic heterocycles. The van der Waals surface area contributed by atoms with Crippen molar-refractivity contribution in [2.75, 3.05) is 43.4 Å². The van der Waals surface area contributed by atoms with Crippen LogP contribution in [0, 0.1) is 0 Å². The second-order valence-corrected chi connectivity index (χ2v) is 6.56. The Labute approximate surface area is 151 Å². The largest absolute Gasteiger partial charge is 0.368 e. The number of likely N-dealkylation sites (N-methyl/N-ethyl adjacent to an activating group) is 1. The van der Waals surface area contributed by atoms with E-state index < -0.39 is 0 Å². The van der Waals surface area contributed by atoms with Gasteiger partial charge in [0.2, 0.25) is 0 Å². The van der Waals surface area contributed by atoms with E-state index >= 15 is 0 Å². The molecule has 1 aliphatic rings. The van der Waals surface area contributed by atoms with E-state index in [0.717, 1.165) is 31.9 Å². The number of hydrogen-bond acceptors (Lipinski definition) is 4. The van der Waals surface area contributed by atoms with E-state index in [4.69, 9.17) is 23.2 Å². The fourth-order valence-electron chi connectivity index (χ4n) is 2.58. The van der Waals surface area contributed by atoms with Crippen molar-refractivity contribution in [3.63, 3.8) is 0 Å². The molecule has 1 aromatic carbocycles. The molecular formula is C17H18Cl2N4O. The van der Waals surface area contributed by atoms with E-state index in [1.54, 1.807) is 30.6 Å². The first-order valence-electron chi connectivity index (χ1n) is 7.68. The van der Waals surface area contributed by atoms with Crippen LogP contribution in [-0.2, 0) is 0 Å². The Kier molecular flexibility index (Phi) is 5.23. The molecule has 1 aromatic heterocycles. The number of aromatic nitrogens is 1. The molecule has 1 amide bonds. The molecule has 1 fully saturated rings. The Bertz CT molecular complexity index is 745. The second kappa shape index (κ2) is 7.38. The molecule has 0 saturated carbocycles. The van der Waals surface area contributed by atoms with E-state index in [-0.39, 0.29) is 5.91 Å². The number of nitrogens with zero attached hydrogens (tertiary/aromatic N) is 3. The third-order valence-corrected chi connectivity index (χ3v) is 4.87. The number of piperazine rings is 1. The number of pyridine rings is 1. The number of halogens is 2. The maximum atomic E-state index is 12.5. The van der Waals surface area contributed by atoms with Gasteiger partial charge >= 0.3 is 0 Å². The van der Waals surface area contributed by atoms with E-state index in [9.17, 15) is 4.79 Å². The third-order valence-electron chi connectivity index (χ3n) is 4.05. The zero-order valence-corrected chi connectivity index (χ0v) is 14.8. The van der Waals surface area contributed by atoms with Gasteiger partial charge in [-0.3, -0.25) is 9.78 Å². The highest BCUT2D eigenvalue weighted by Crippen LogP contribution is 2.30. The summed E-state index contributed by atoms with van der Waals surface area (Å²) >= 11 is 12.1. The standard InChI is InChI=1S/C17H18Cl2N4O/c1-22-5-7-23(8-6-22)13-9-12(10-20-11-13)17(24)21-15-4-2-3-14(18)16(15)19/h2-4,9-11H,5-8H2,1H3,(H,21,24). The Morgan fingerprint density at radius 2 is 1.92 bits per heavy atom. The van der Waals surface area contributed by atoms with Crippen molar-refractivity contribution < 1.29 is 4.79 Å². The van der Waals surface area contributed by atoms with Gasteiger partial charge < -0.3 is 15.1 Å². The van der Waals surface area contributed by atoms with Crippen molar-refractivity contribution in [1.82, 2.24) is 9.88 Å². The Morgan fingerprint density at radius 3 is 2.67 bits per heavy atom. The van der Waals surface area contributed by atoms with Crippen molar-refractivity contribution in [2.24, 2.45) is 0 Å². The molecule has 0 aliphatic carbocycles. The molecule has 0 unspecified atom stereocenters.